The van der Waals surface area contributed by atoms with E-state index in [2.05, 4.69) is 0 Å². The predicted molar refractivity (Wildman–Crippen MR) is 151 cm³/mol. The van der Waals surface area contributed by atoms with Gasteiger partial charge in [-0.3, -0.25) is 0 Å². The molecule has 0 aliphatic carbocycles. The van der Waals surface area contributed by atoms with Crippen LogP contribution < -0.4 is 0 Å². The molecule has 0 saturated heterocycles. The third kappa shape index (κ3) is 1760. The van der Waals surface area contributed by atoms with Gasteiger partial charge in [-0.25, -0.2) is 33.6 Å². The summed E-state index contributed by atoms with van der Waals surface area (Å²) in [5.74, 6) is 0. The van der Waals surface area contributed by atoms with Crippen molar-refractivity contribution in [2.45, 2.75) is 0 Å². The second-order valence-electron chi connectivity index (χ2n) is 1.98. The van der Waals surface area contributed by atoms with Crippen LogP contribution in [0.1, 0.15) is 0 Å². The first-order chi connectivity index (χ1) is 12.1. The zero-order chi connectivity index (χ0) is 25.0. The molecule has 0 rings (SSSR count). The van der Waals surface area contributed by atoms with Gasteiger partial charge in [-0.1, -0.05) is 0 Å². The molecule has 30 heteroatoms. The van der Waals surface area contributed by atoms with Crippen LogP contribution in [-0.2, 0) is 0 Å². The third-order valence-electron chi connectivity index (χ3n) is 0. The van der Waals surface area contributed by atoms with Gasteiger partial charge in [0.1, 0.15) is 0 Å². The van der Waals surface area contributed by atoms with Crippen molar-refractivity contribution in [3.8, 4) is 0 Å². The molecule has 0 aromatic heterocycles. The number of rotatable bonds is 0. The van der Waals surface area contributed by atoms with Crippen LogP contribution in [0.5, 0.6) is 0 Å². The van der Waals surface area contributed by atoms with Gasteiger partial charge in [0.25, 0.3) is 0 Å². The second kappa shape index (κ2) is 96.8. The van der Waals surface area contributed by atoms with E-state index in [9.17, 15) is 0 Å². The van der Waals surface area contributed by atoms with E-state index in [1.165, 1.54) is 0 Å². The fraction of sp³-hybridized carbons (Fsp3) is 0. The summed E-state index contributed by atoms with van der Waals surface area (Å²) >= 11 is 0. The number of hydrogen-bond acceptors (Lipinski definition) is 7. The fourth-order valence-electron chi connectivity index (χ4n) is 0. The molecule has 0 spiro atoms. The zero-order valence-corrected chi connectivity index (χ0v) is 12.6. The van der Waals surface area contributed by atoms with Gasteiger partial charge in [0.2, 0.25) is 0 Å². The van der Waals surface area contributed by atoms with Crippen LogP contribution in [0.25, 0.3) is 0 Å². The third-order valence-corrected chi connectivity index (χ3v) is 0. The van der Waals surface area contributed by atoms with Gasteiger partial charge in [0.05, 0.1) is 0 Å². The van der Waals surface area contributed by atoms with Gasteiger partial charge in [0.15, 0.2) is 0 Å². The molecule has 0 bridgehead atoms. The van der Waals surface area contributed by atoms with Gasteiger partial charge in [-0.2, -0.15) is 0 Å². The van der Waals surface area contributed by atoms with Gasteiger partial charge in [0, 0.05) is 0 Å². The van der Waals surface area contributed by atoms with E-state index in [0.717, 1.165) is 0 Å². The van der Waals surface area contributed by atoms with Crippen molar-refractivity contribution < 1.29 is 105 Å². The van der Waals surface area contributed by atoms with Gasteiger partial charge >= 0.3 is 383 Å². The molecule has 0 fully saturated rings. The second-order valence-corrected chi connectivity index (χ2v) is 1.98. The summed E-state index contributed by atoms with van der Waals surface area (Å²) < 4.78 is 0. The molecule has 0 heterocycles. The van der Waals surface area contributed by atoms with Gasteiger partial charge < -0.3 is 71.5 Å². The summed E-state index contributed by atoms with van der Waals surface area (Å²) in [6.07, 6.45) is -12.8. The number of carboxylic acid groups (broad SMARTS) is 14. The van der Waals surface area contributed by atoms with Crippen molar-refractivity contribution in [2.75, 3.05) is 0 Å². The van der Waals surface area contributed by atoms with Crippen molar-refractivity contribution >= 4 is 383 Å². The first kappa shape index (κ1) is 104. The fourth-order valence-corrected chi connectivity index (χ4v) is 0. The van der Waals surface area contributed by atoms with Gasteiger partial charge in [-0.05, 0) is 0 Å². The van der Waals surface area contributed by atoms with Crippen molar-refractivity contribution in [3.05, 3.63) is 0 Å². The Balaban J connectivity index is -0.00000000955. The predicted octanol–water partition coefficient (Wildman–Crippen LogP) is -6.69. The molecule has 37 heavy (non-hydrogen) atoms. The first-order valence-corrected chi connectivity index (χ1v) is 4.56. The molecule has 0 aromatic rings. The Bertz CT molecular complexity index is 331. The summed E-state index contributed by atoms with van der Waals surface area (Å²) in [7, 11) is 0. The average Bonchev–Trinajstić information content (AvgIpc) is 2.20. The molecule has 14 N–H and O–H groups in total. The first-order valence-electron chi connectivity index (χ1n) is 4.56. The van der Waals surface area contributed by atoms with Crippen molar-refractivity contribution in [3.63, 3.8) is 0 Å². The Morgan fingerprint density at radius 1 is 0.189 bits per heavy atom. The minimum atomic E-state index is -1.83. The average molecular weight is 813 g/mol. The standard InChI is InChI=1S/7CH2O3.9Ca.18H/c7*2-1(3)4;;;;;;;;;;;;;;;;;;;;;;;;;;;/h7*(H2,2,3,4);;;;;;;;;;;;;;;;;;;;;;;;;;;. The monoisotopic (exact) mass is 812 g/mol. The molecular weight excluding hydrogens is 781 g/mol. The summed E-state index contributed by atoms with van der Waals surface area (Å²) in [6.45, 7) is 0. The van der Waals surface area contributed by atoms with Crippen LogP contribution in [0.2, 0.25) is 0 Å². The Morgan fingerprint density at radius 2 is 0.189 bits per heavy atom. The van der Waals surface area contributed by atoms with Gasteiger partial charge in [-0.15, -0.1) is 0 Å². The zero-order valence-electron chi connectivity index (χ0n) is 12.6. The Hall–Kier alpha value is 6.23. The Morgan fingerprint density at radius 3 is 0.189 bits per heavy atom. The van der Waals surface area contributed by atoms with Crippen molar-refractivity contribution in [1.29, 1.82) is 0 Å². The molecule has 0 radical (unpaired) electrons. The molecule has 0 aliphatic heterocycles. The molecule has 0 unspecified atom stereocenters. The topological polar surface area (TPSA) is 403 Å². The van der Waals surface area contributed by atoms with E-state index >= 15 is 0 Å². The van der Waals surface area contributed by atoms with E-state index in [-0.39, 0.29) is 340 Å². The quantitative estimate of drug-likeness (QED) is 0.101. The van der Waals surface area contributed by atoms with E-state index in [1.54, 1.807) is 0 Å². The minimum absolute atomic E-state index is 0. The van der Waals surface area contributed by atoms with Crippen molar-refractivity contribution in [1.82, 2.24) is 0 Å². The summed E-state index contributed by atoms with van der Waals surface area (Å²) in [5, 5.41) is 97.6. The molecule has 0 aromatic carbocycles. The molecule has 0 saturated carbocycles. The molecule has 0 amide bonds. The SMILES string of the molecule is O=C(O)O.O=C(O)O.O=C(O)O.O=C(O)O.O=C(O)O.O=C(O)O.O=C(O)O.[CaH2].[CaH2].[CaH2].[CaH2].[CaH2].[CaH2].[CaH2].[CaH2].[CaH2]. The van der Waals surface area contributed by atoms with Crippen LogP contribution >= 0.6 is 0 Å². The Kier molecular flexibility index (Phi) is 272. The van der Waals surface area contributed by atoms with Crippen LogP contribution in [0, 0.1) is 0 Å². The van der Waals surface area contributed by atoms with E-state index in [4.69, 9.17) is 105 Å². The molecule has 21 nitrogen and oxygen atoms in total. The molecule has 0 atom stereocenters. The van der Waals surface area contributed by atoms with E-state index in [0.29, 0.717) is 0 Å². The van der Waals surface area contributed by atoms with Crippen LogP contribution in [0.4, 0.5) is 33.6 Å². The van der Waals surface area contributed by atoms with E-state index in [1.807, 2.05) is 0 Å². The number of hydrogen-bond donors (Lipinski definition) is 14. The summed E-state index contributed by atoms with van der Waals surface area (Å²) in [6, 6.07) is 0. The normalized spacial score (nSPS) is 4.54. The molecular formula is C7H32Ca9O21. The maximum atomic E-state index is 8.56. The van der Waals surface area contributed by atoms with Crippen LogP contribution in [-0.4, -0.2) is 454 Å². The number of carbonyl (C=O) groups is 7. The summed E-state index contributed by atoms with van der Waals surface area (Å²) in [4.78, 5) is 59.9. The van der Waals surface area contributed by atoms with E-state index < -0.39 is 43.1 Å². The molecule has 204 valence electrons. The van der Waals surface area contributed by atoms with Crippen LogP contribution in [0.15, 0.2) is 0 Å². The maximum absolute atomic E-state index is 8.56. The Labute approximate surface area is 474 Å². The van der Waals surface area contributed by atoms with Crippen LogP contribution in [0.3, 0.4) is 0 Å². The molecule has 0 aliphatic rings. The van der Waals surface area contributed by atoms with Crippen molar-refractivity contribution in [2.24, 2.45) is 0 Å². The summed E-state index contributed by atoms with van der Waals surface area (Å²) in [5.41, 5.74) is 0.